The molecule has 0 bridgehead atoms. The van der Waals surface area contributed by atoms with Crippen molar-refractivity contribution in [3.63, 3.8) is 0 Å². The fourth-order valence-electron chi connectivity index (χ4n) is 1.56. The maximum absolute atomic E-state index is 11.8. The minimum Gasteiger partial charge on any atom is -0.267 e. The van der Waals surface area contributed by atoms with E-state index < -0.39 is 4.92 Å². The van der Waals surface area contributed by atoms with Gasteiger partial charge in [0.05, 0.1) is 11.1 Å². The minimum atomic E-state index is -0.485. The van der Waals surface area contributed by atoms with Crippen molar-refractivity contribution in [2.45, 2.75) is 0 Å². The quantitative estimate of drug-likeness (QED) is 0.457. The number of carbonyl (C=O) groups excluding carboxylic acids is 1. The van der Waals surface area contributed by atoms with Gasteiger partial charge in [0, 0.05) is 32.2 Å². The maximum Gasteiger partial charge on any atom is 0.271 e. The second kappa shape index (κ2) is 7.28. The Hall–Kier alpha value is -2.06. The number of hydrogen-bond donors (Lipinski definition) is 1. The molecule has 8 heteroatoms. The molecule has 0 heterocycles. The molecule has 0 aromatic heterocycles. The highest BCUT2D eigenvalue weighted by Gasteiger charge is 2.08. The molecule has 2 rings (SSSR count). The van der Waals surface area contributed by atoms with E-state index in [1.54, 1.807) is 24.3 Å². The number of nitro benzene ring substituents is 1. The summed E-state index contributed by atoms with van der Waals surface area (Å²) in [6.45, 7) is 0. The van der Waals surface area contributed by atoms with Crippen LogP contribution >= 0.6 is 31.9 Å². The molecule has 0 fully saturated rings. The summed E-state index contributed by atoms with van der Waals surface area (Å²) in [7, 11) is 0. The summed E-state index contributed by atoms with van der Waals surface area (Å²) in [4.78, 5) is 22.0. The predicted molar refractivity (Wildman–Crippen MR) is 90.0 cm³/mol. The molecular weight excluding hydrogens is 418 g/mol. The molecule has 112 valence electrons. The SMILES string of the molecule is O=C(N/N=C\c1ccc([N+](=O)[O-])cc1Br)c1ccc(Br)cc1. The lowest BCUT2D eigenvalue weighted by Crippen LogP contribution is -2.17. The van der Waals surface area contributed by atoms with Crippen LogP contribution < -0.4 is 5.43 Å². The summed E-state index contributed by atoms with van der Waals surface area (Å²) in [5.74, 6) is -0.346. The first kappa shape index (κ1) is 16.3. The molecule has 0 aliphatic rings. The first-order valence-electron chi connectivity index (χ1n) is 6.00. The highest BCUT2D eigenvalue weighted by Crippen LogP contribution is 2.21. The van der Waals surface area contributed by atoms with Gasteiger partial charge in [0.2, 0.25) is 0 Å². The van der Waals surface area contributed by atoms with Crippen LogP contribution in [-0.4, -0.2) is 17.0 Å². The van der Waals surface area contributed by atoms with Gasteiger partial charge in [-0.1, -0.05) is 15.9 Å². The monoisotopic (exact) mass is 425 g/mol. The molecule has 0 radical (unpaired) electrons. The average molecular weight is 427 g/mol. The predicted octanol–water partition coefficient (Wildman–Crippen LogP) is 3.88. The van der Waals surface area contributed by atoms with Gasteiger partial charge in [-0.05, 0) is 46.3 Å². The van der Waals surface area contributed by atoms with Gasteiger partial charge >= 0.3 is 0 Å². The highest BCUT2D eigenvalue weighted by atomic mass is 79.9. The van der Waals surface area contributed by atoms with Crippen molar-refractivity contribution in [3.8, 4) is 0 Å². The number of nitrogens with zero attached hydrogens (tertiary/aromatic N) is 2. The molecule has 2 aromatic carbocycles. The van der Waals surface area contributed by atoms with Crippen LogP contribution in [-0.2, 0) is 0 Å². The zero-order valence-corrected chi connectivity index (χ0v) is 14.2. The first-order chi connectivity index (χ1) is 10.5. The van der Waals surface area contributed by atoms with E-state index in [9.17, 15) is 14.9 Å². The average Bonchev–Trinajstić information content (AvgIpc) is 2.49. The lowest BCUT2D eigenvalue weighted by Gasteiger charge is -2.01. The van der Waals surface area contributed by atoms with Gasteiger partial charge < -0.3 is 0 Å². The third-order valence-electron chi connectivity index (χ3n) is 2.67. The number of benzene rings is 2. The first-order valence-corrected chi connectivity index (χ1v) is 7.59. The molecule has 0 atom stereocenters. The van der Waals surface area contributed by atoms with E-state index in [1.165, 1.54) is 24.4 Å². The molecule has 0 saturated carbocycles. The molecule has 0 unspecified atom stereocenters. The number of amides is 1. The summed E-state index contributed by atoms with van der Waals surface area (Å²) >= 11 is 6.51. The molecule has 1 N–H and O–H groups in total. The van der Waals surface area contributed by atoms with Gasteiger partial charge in [-0.15, -0.1) is 0 Å². The van der Waals surface area contributed by atoms with Crippen molar-refractivity contribution in [1.29, 1.82) is 0 Å². The van der Waals surface area contributed by atoms with E-state index >= 15 is 0 Å². The van der Waals surface area contributed by atoms with Crippen molar-refractivity contribution in [2.75, 3.05) is 0 Å². The second-order valence-electron chi connectivity index (χ2n) is 4.17. The molecule has 22 heavy (non-hydrogen) atoms. The Balaban J connectivity index is 2.05. The summed E-state index contributed by atoms with van der Waals surface area (Å²) in [6.07, 6.45) is 1.41. The number of carbonyl (C=O) groups is 1. The van der Waals surface area contributed by atoms with E-state index in [2.05, 4.69) is 42.4 Å². The van der Waals surface area contributed by atoms with E-state index in [0.717, 1.165) is 4.47 Å². The minimum absolute atomic E-state index is 0.0251. The van der Waals surface area contributed by atoms with Gasteiger partial charge in [0.25, 0.3) is 11.6 Å². The van der Waals surface area contributed by atoms with E-state index in [4.69, 9.17) is 0 Å². The van der Waals surface area contributed by atoms with Gasteiger partial charge in [0.15, 0.2) is 0 Å². The van der Waals surface area contributed by atoms with Crippen LogP contribution in [0.15, 0.2) is 56.5 Å². The molecule has 0 saturated heterocycles. The fourth-order valence-corrected chi connectivity index (χ4v) is 2.29. The molecule has 0 aliphatic heterocycles. The van der Waals surface area contributed by atoms with Crippen LogP contribution in [0.3, 0.4) is 0 Å². The van der Waals surface area contributed by atoms with E-state index in [1.807, 2.05) is 0 Å². The van der Waals surface area contributed by atoms with Crippen LogP contribution in [0.25, 0.3) is 0 Å². The van der Waals surface area contributed by atoms with Gasteiger partial charge in [0.1, 0.15) is 0 Å². The molecule has 0 spiro atoms. The second-order valence-corrected chi connectivity index (χ2v) is 5.94. The number of hydrogen-bond acceptors (Lipinski definition) is 4. The molecule has 0 aliphatic carbocycles. The van der Waals surface area contributed by atoms with Crippen molar-refractivity contribution in [2.24, 2.45) is 5.10 Å². The van der Waals surface area contributed by atoms with E-state index in [0.29, 0.717) is 15.6 Å². The zero-order valence-electron chi connectivity index (χ0n) is 11.0. The van der Waals surface area contributed by atoms with Crippen molar-refractivity contribution in [1.82, 2.24) is 5.43 Å². The largest absolute Gasteiger partial charge is 0.271 e. The number of nitrogens with one attached hydrogen (secondary N) is 1. The third kappa shape index (κ3) is 4.22. The highest BCUT2D eigenvalue weighted by molar-refractivity contribution is 9.10. The summed E-state index contributed by atoms with van der Waals surface area (Å²) in [5.41, 5.74) is 3.45. The molecule has 2 aromatic rings. The number of rotatable bonds is 4. The summed E-state index contributed by atoms with van der Waals surface area (Å²) in [6, 6.07) is 11.1. The molecule has 1 amide bonds. The Kier molecular flexibility index (Phi) is 5.40. The van der Waals surface area contributed by atoms with Crippen molar-refractivity contribution < 1.29 is 9.72 Å². The zero-order chi connectivity index (χ0) is 16.1. The van der Waals surface area contributed by atoms with Crippen LogP contribution in [0.1, 0.15) is 15.9 Å². The fraction of sp³-hybridized carbons (Fsp3) is 0. The van der Waals surface area contributed by atoms with Gasteiger partial charge in [-0.2, -0.15) is 5.10 Å². The molecular formula is C14H9Br2N3O3. The summed E-state index contributed by atoms with van der Waals surface area (Å²) in [5, 5.41) is 14.5. The topological polar surface area (TPSA) is 84.6 Å². The third-order valence-corrected chi connectivity index (χ3v) is 3.89. The Bertz CT molecular complexity index is 745. The standard InChI is InChI=1S/C14H9Br2N3O3/c15-11-4-1-9(2-5-11)14(20)18-17-8-10-3-6-12(19(21)22)7-13(10)16/h1-8H,(H,18,20)/b17-8-. The lowest BCUT2D eigenvalue weighted by molar-refractivity contribution is -0.384. The Morgan fingerprint density at radius 3 is 2.45 bits per heavy atom. The van der Waals surface area contributed by atoms with Crippen LogP contribution in [0, 0.1) is 10.1 Å². The number of halogens is 2. The number of non-ortho nitro benzene ring substituents is 1. The van der Waals surface area contributed by atoms with Crippen molar-refractivity contribution >= 4 is 49.7 Å². The lowest BCUT2D eigenvalue weighted by atomic mass is 10.2. The Morgan fingerprint density at radius 2 is 1.86 bits per heavy atom. The van der Waals surface area contributed by atoms with Gasteiger partial charge in [-0.3, -0.25) is 14.9 Å². The normalized spacial score (nSPS) is 10.6. The molecule has 6 nitrogen and oxygen atoms in total. The smallest absolute Gasteiger partial charge is 0.267 e. The number of nitro groups is 1. The number of hydrazone groups is 1. The summed E-state index contributed by atoms with van der Waals surface area (Å²) < 4.78 is 1.39. The van der Waals surface area contributed by atoms with Gasteiger partial charge in [-0.25, -0.2) is 5.43 Å². The Morgan fingerprint density at radius 1 is 1.18 bits per heavy atom. The van der Waals surface area contributed by atoms with Crippen molar-refractivity contribution in [3.05, 3.63) is 72.7 Å². The van der Waals surface area contributed by atoms with Crippen LogP contribution in [0.4, 0.5) is 5.69 Å². The Labute approximate surface area is 142 Å². The van der Waals surface area contributed by atoms with Crippen LogP contribution in [0.5, 0.6) is 0 Å². The maximum atomic E-state index is 11.8. The van der Waals surface area contributed by atoms with Crippen LogP contribution in [0.2, 0.25) is 0 Å². The van der Waals surface area contributed by atoms with E-state index in [-0.39, 0.29) is 11.6 Å².